The molecular weight excluding hydrogens is 382 g/mol. The summed E-state index contributed by atoms with van der Waals surface area (Å²) in [5.74, 6) is -0.296. The smallest absolute Gasteiger partial charge is 0.335 e. The van der Waals surface area contributed by atoms with Crippen LogP contribution in [0.3, 0.4) is 0 Å². The number of carboxylic acids is 1. The van der Waals surface area contributed by atoms with Crippen molar-refractivity contribution in [3.63, 3.8) is 0 Å². The van der Waals surface area contributed by atoms with Crippen LogP contribution < -0.4 is 5.32 Å². The maximum atomic E-state index is 11.1. The van der Waals surface area contributed by atoms with Crippen LogP contribution in [0.2, 0.25) is 0 Å². The van der Waals surface area contributed by atoms with Crippen LogP contribution in [0.15, 0.2) is 18.2 Å². The Labute approximate surface area is 184 Å². The number of nitrogens with one attached hydrogen (secondary N) is 1. The highest BCUT2D eigenvalue weighted by atomic mass is 35.5. The van der Waals surface area contributed by atoms with Crippen molar-refractivity contribution in [3.8, 4) is 0 Å². The quantitative estimate of drug-likeness (QED) is 0.263. The van der Waals surface area contributed by atoms with Gasteiger partial charge in [-0.05, 0) is 24.1 Å². The molecule has 0 fully saturated rings. The summed E-state index contributed by atoms with van der Waals surface area (Å²) in [6.45, 7) is 3.24. The Morgan fingerprint density at radius 3 is 1.93 bits per heavy atom. The van der Waals surface area contributed by atoms with Crippen molar-refractivity contribution < 1.29 is 9.90 Å². The van der Waals surface area contributed by atoms with Gasteiger partial charge in [-0.2, -0.15) is 0 Å². The molecule has 1 unspecified atom stereocenters. The Balaban J connectivity index is 0.00000420. The number of rotatable bonds is 16. The lowest BCUT2D eigenvalue weighted by Gasteiger charge is -2.10. The van der Waals surface area contributed by atoms with Crippen LogP contribution in [0.25, 0.3) is 0 Å². The second kappa shape index (κ2) is 15.6. The van der Waals surface area contributed by atoms with Gasteiger partial charge in [0.25, 0.3) is 0 Å². The molecule has 1 atom stereocenters. The summed E-state index contributed by atoms with van der Waals surface area (Å²) in [5, 5.41) is 12.5. The molecule has 0 amide bonds. The molecule has 2 N–H and O–H groups in total. The van der Waals surface area contributed by atoms with Crippen molar-refractivity contribution in [2.75, 3.05) is 11.9 Å². The normalized spacial score (nSPS) is 14.9. The van der Waals surface area contributed by atoms with E-state index < -0.39 is 5.97 Å². The molecule has 0 aromatic heterocycles. The number of carboxylic acid groups (broad SMARTS) is 1. The molecule has 0 saturated heterocycles. The molecule has 3 nitrogen and oxygen atoms in total. The van der Waals surface area contributed by atoms with Gasteiger partial charge in [-0.1, -0.05) is 103 Å². The molecule has 166 valence electrons. The zero-order valence-electron chi connectivity index (χ0n) is 18.4. The van der Waals surface area contributed by atoms with Gasteiger partial charge >= 0.3 is 5.97 Å². The van der Waals surface area contributed by atoms with Crippen LogP contribution in [0.1, 0.15) is 125 Å². The molecule has 0 radical (unpaired) electrons. The number of aromatic carboxylic acids is 1. The topological polar surface area (TPSA) is 49.3 Å². The van der Waals surface area contributed by atoms with Crippen LogP contribution in [-0.4, -0.2) is 17.6 Å². The summed E-state index contributed by atoms with van der Waals surface area (Å²) >= 11 is 0. The molecule has 1 aliphatic heterocycles. The van der Waals surface area contributed by atoms with Crippen molar-refractivity contribution in [3.05, 3.63) is 29.3 Å². The third-order valence-electron chi connectivity index (χ3n) is 6.19. The molecule has 1 aromatic rings. The predicted octanol–water partition coefficient (Wildman–Crippen LogP) is 8.19. The van der Waals surface area contributed by atoms with Crippen LogP contribution in [0, 0.1) is 0 Å². The van der Waals surface area contributed by atoms with E-state index >= 15 is 0 Å². The molecule has 2 rings (SSSR count). The fraction of sp³-hybridized carbons (Fsp3) is 0.720. The average Bonchev–Trinajstić information content (AvgIpc) is 3.10. The standard InChI is InChI=1S/C25H41NO2.ClH/c1-2-3-4-5-6-7-8-9-10-11-12-13-14-15-16-22-20-26-24-19-21(25(27)28)17-18-23(22)24;/h17-19,22,26H,2-16,20H2,1H3,(H,27,28);1H. The number of hydrogen-bond donors (Lipinski definition) is 2. The fourth-order valence-electron chi connectivity index (χ4n) is 4.38. The van der Waals surface area contributed by atoms with Gasteiger partial charge in [-0.15, -0.1) is 12.4 Å². The zero-order valence-corrected chi connectivity index (χ0v) is 19.2. The lowest BCUT2D eigenvalue weighted by Crippen LogP contribution is -2.01. The SMILES string of the molecule is CCCCCCCCCCCCCCCCC1CNc2cc(C(=O)O)ccc21.Cl. The van der Waals surface area contributed by atoms with Gasteiger partial charge in [0.2, 0.25) is 0 Å². The Kier molecular flexibility index (Phi) is 13.9. The highest BCUT2D eigenvalue weighted by Crippen LogP contribution is 2.35. The van der Waals surface area contributed by atoms with E-state index in [4.69, 9.17) is 5.11 Å². The molecule has 0 bridgehead atoms. The predicted molar refractivity (Wildman–Crippen MR) is 127 cm³/mol. The van der Waals surface area contributed by atoms with Crippen molar-refractivity contribution >= 4 is 24.1 Å². The van der Waals surface area contributed by atoms with Crippen molar-refractivity contribution in [1.29, 1.82) is 0 Å². The Hall–Kier alpha value is -1.22. The van der Waals surface area contributed by atoms with Crippen molar-refractivity contribution in [2.45, 2.75) is 109 Å². The highest BCUT2D eigenvalue weighted by Gasteiger charge is 2.22. The minimum absolute atomic E-state index is 0. The van der Waals surface area contributed by atoms with Gasteiger partial charge in [0.05, 0.1) is 5.56 Å². The summed E-state index contributed by atoms with van der Waals surface area (Å²) < 4.78 is 0. The molecule has 0 spiro atoms. The minimum Gasteiger partial charge on any atom is -0.478 e. The van der Waals surface area contributed by atoms with Crippen LogP contribution in [0.4, 0.5) is 5.69 Å². The molecule has 1 aliphatic rings. The molecular formula is C25H42ClNO2. The molecule has 0 aliphatic carbocycles. The zero-order chi connectivity index (χ0) is 20.0. The maximum Gasteiger partial charge on any atom is 0.335 e. The summed E-state index contributed by atoms with van der Waals surface area (Å²) in [7, 11) is 0. The molecule has 0 saturated carbocycles. The number of halogens is 1. The van der Waals surface area contributed by atoms with Crippen LogP contribution in [0.5, 0.6) is 0 Å². The lowest BCUT2D eigenvalue weighted by atomic mass is 9.94. The van der Waals surface area contributed by atoms with E-state index in [2.05, 4.69) is 12.2 Å². The Bertz CT molecular complexity index is 576. The first-order chi connectivity index (χ1) is 13.7. The second-order valence-electron chi connectivity index (χ2n) is 8.57. The number of unbranched alkanes of at least 4 members (excludes halogenated alkanes) is 13. The third kappa shape index (κ3) is 9.89. The van der Waals surface area contributed by atoms with E-state index in [-0.39, 0.29) is 12.4 Å². The average molecular weight is 424 g/mol. The summed E-state index contributed by atoms with van der Waals surface area (Å²) in [5.41, 5.74) is 2.71. The number of benzene rings is 1. The van der Waals surface area contributed by atoms with E-state index in [0.29, 0.717) is 11.5 Å². The van der Waals surface area contributed by atoms with E-state index in [1.165, 1.54) is 102 Å². The van der Waals surface area contributed by atoms with Crippen molar-refractivity contribution in [2.24, 2.45) is 0 Å². The fourth-order valence-corrected chi connectivity index (χ4v) is 4.38. The lowest BCUT2D eigenvalue weighted by molar-refractivity contribution is 0.0697. The largest absolute Gasteiger partial charge is 0.478 e. The Morgan fingerprint density at radius 2 is 1.41 bits per heavy atom. The summed E-state index contributed by atoms with van der Waals surface area (Å²) in [6, 6.07) is 5.53. The van der Waals surface area contributed by atoms with Gasteiger partial charge in [0, 0.05) is 18.2 Å². The summed E-state index contributed by atoms with van der Waals surface area (Å²) in [4.78, 5) is 11.1. The van der Waals surface area contributed by atoms with Gasteiger partial charge < -0.3 is 10.4 Å². The molecule has 4 heteroatoms. The first-order valence-corrected chi connectivity index (χ1v) is 11.8. The number of fused-ring (bicyclic) bond motifs is 1. The van der Waals surface area contributed by atoms with Gasteiger partial charge in [-0.3, -0.25) is 0 Å². The number of carbonyl (C=O) groups is 1. The van der Waals surface area contributed by atoms with Gasteiger partial charge in [0.1, 0.15) is 0 Å². The monoisotopic (exact) mass is 423 g/mol. The van der Waals surface area contributed by atoms with Crippen LogP contribution >= 0.6 is 12.4 Å². The van der Waals surface area contributed by atoms with Gasteiger partial charge in [-0.25, -0.2) is 4.79 Å². The number of anilines is 1. The maximum absolute atomic E-state index is 11.1. The van der Waals surface area contributed by atoms with Crippen LogP contribution in [-0.2, 0) is 0 Å². The first kappa shape index (κ1) is 25.8. The van der Waals surface area contributed by atoms with Gasteiger partial charge in [0.15, 0.2) is 0 Å². The van der Waals surface area contributed by atoms with Crippen molar-refractivity contribution in [1.82, 2.24) is 0 Å². The van der Waals surface area contributed by atoms with E-state index in [1.807, 2.05) is 6.07 Å². The third-order valence-corrected chi connectivity index (χ3v) is 6.19. The van der Waals surface area contributed by atoms with E-state index in [1.54, 1.807) is 12.1 Å². The molecule has 1 heterocycles. The number of hydrogen-bond acceptors (Lipinski definition) is 2. The van der Waals surface area contributed by atoms with E-state index in [0.717, 1.165) is 12.2 Å². The summed E-state index contributed by atoms with van der Waals surface area (Å²) in [6.07, 6.45) is 20.8. The molecule has 1 aromatic carbocycles. The second-order valence-corrected chi connectivity index (χ2v) is 8.57. The minimum atomic E-state index is -0.847. The Morgan fingerprint density at radius 1 is 0.897 bits per heavy atom. The first-order valence-electron chi connectivity index (χ1n) is 11.8. The molecule has 29 heavy (non-hydrogen) atoms. The highest BCUT2D eigenvalue weighted by molar-refractivity contribution is 5.89. The van der Waals surface area contributed by atoms with E-state index in [9.17, 15) is 4.79 Å².